The second-order valence-electron chi connectivity index (χ2n) is 4.90. The second-order valence-corrected chi connectivity index (χ2v) is 5.31. The number of rotatable bonds is 1. The summed E-state index contributed by atoms with van der Waals surface area (Å²) in [6.07, 6.45) is -4.50. The fourth-order valence-corrected chi connectivity index (χ4v) is 2.12. The Morgan fingerprint density at radius 1 is 1.37 bits per heavy atom. The maximum atomic E-state index is 12.8. The Balaban J connectivity index is 2.41. The van der Waals surface area contributed by atoms with Crippen LogP contribution in [0, 0.1) is 5.41 Å². The van der Waals surface area contributed by atoms with Gasteiger partial charge in [0.2, 0.25) is 0 Å². The third kappa shape index (κ3) is 2.55. The summed E-state index contributed by atoms with van der Waals surface area (Å²) in [6, 6.07) is 3.66. The summed E-state index contributed by atoms with van der Waals surface area (Å²) >= 11 is 5.57. The lowest BCUT2D eigenvalue weighted by atomic mass is 10.1. The van der Waals surface area contributed by atoms with Crippen molar-refractivity contribution in [2.24, 2.45) is 0 Å². The van der Waals surface area contributed by atoms with E-state index < -0.39 is 17.3 Å². The van der Waals surface area contributed by atoms with E-state index >= 15 is 0 Å². The van der Waals surface area contributed by atoms with Crippen LogP contribution in [0.25, 0.3) is 0 Å². The molecule has 0 spiro atoms. The van der Waals surface area contributed by atoms with Gasteiger partial charge in [-0.1, -0.05) is 11.6 Å². The molecule has 1 fully saturated rings. The molecule has 0 atom stereocenters. The molecule has 2 rings (SSSR count). The molecule has 0 radical (unpaired) electrons. The topological polar surface area (TPSA) is 39.1 Å². The summed E-state index contributed by atoms with van der Waals surface area (Å²) in [5, 5.41) is 10.7. The average Bonchev–Trinajstić information content (AvgIpc) is 2.54. The molecule has 1 aromatic carbocycles. The van der Waals surface area contributed by atoms with Gasteiger partial charge in [0.05, 0.1) is 22.8 Å². The molecule has 0 unspecified atom stereocenters. The number of nitrogens with one attached hydrogen (secondary N) is 2. The van der Waals surface area contributed by atoms with Crippen LogP contribution >= 0.6 is 11.6 Å². The average molecular weight is 292 g/mol. The van der Waals surface area contributed by atoms with Crippen LogP contribution in [-0.4, -0.2) is 18.0 Å². The van der Waals surface area contributed by atoms with Crippen molar-refractivity contribution < 1.29 is 13.2 Å². The van der Waals surface area contributed by atoms with Crippen LogP contribution in [-0.2, 0) is 6.18 Å². The molecule has 104 valence electrons. The van der Waals surface area contributed by atoms with Gasteiger partial charge in [0.1, 0.15) is 5.84 Å². The van der Waals surface area contributed by atoms with Crippen molar-refractivity contribution in [3.05, 3.63) is 28.8 Å². The van der Waals surface area contributed by atoms with E-state index in [0.29, 0.717) is 12.4 Å². The minimum absolute atomic E-state index is 0.225. The quantitative estimate of drug-likeness (QED) is 0.831. The first-order valence-corrected chi connectivity index (χ1v) is 5.99. The summed E-state index contributed by atoms with van der Waals surface area (Å²) in [5.74, 6) is 0.225. The summed E-state index contributed by atoms with van der Waals surface area (Å²) in [6.45, 7) is 3.90. The first kappa shape index (κ1) is 14.1. The van der Waals surface area contributed by atoms with Gasteiger partial charge in [-0.15, -0.1) is 0 Å². The lowest BCUT2D eigenvalue weighted by Gasteiger charge is -2.22. The van der Waals surface area contributed by atoms with Crippen molar-refractivity contribution in [1.82, 2.24) is 5.32 Å². The number of anilines is 1. The van der Waals surface area contributed by atoms with Gasteiger partial charge in [-0.05, 0) is 32.0 Å². The number of benzene rings is 1. The third-order valence-corrected chi connectivity index (χ3v) is 3.44. The number of alkyl halides is 3. The Morgan fingerprint density at radius 3 is 2.47 bits per heavy atom. The molecule has 0 aromatic heterocycles. The second kappa shape index (κ2) is 4.38. The lowest BCUT2D eigenvalue weighted by molar-refractivity contribution is -0.137. The third-order valence-electron chi connectivity index (χ3n) is 3.11. The van der Waals surface area contributed by atoms with Crippen LogP contribution in [0.4, 0.5) is 18.9 Å². The minimum Gasteiger partial charge on any atom is -0.315 e. The number of hydrogen-bond donors (Lipinski definition) is 2. The number of nitrogens with zero attached hydrogens (tertiary/aromatic N) is 1. The van der Waals surface area contributed by atoms with Crippen LogP contribution in [0.2, 0.25) is 5.02 Å². The molecule has 7 heteroatoms. The number of halogens is 4. The molecule has 1 aromatic rings. The van der Waals surface area contributed by atoms with Crippen molar-refractivity contribution >= 4 is 23.1 Å². The molecular weight excluding hydrogens is 279 g/mol. The summed E-state index contributed by atoms with van der Waals surface area (Å²) in [4.78, 5) is 1.49. The predicted octanol–water partition coefficient (Wildman–Crippen LogP) is 3.48. The normalized spacial score (nSPS) is 19.1. The van der Waals surface area contributed by atoms with Gasteiger partial charge in [-0.25, -0.2) is 0 Å². The maximum absolute atomic E-state index is 12.8. The van der Waals surface area contributed by atoms with Crippen molar-refractivity contribution in [3.63, 3.8) is 0 Å². The monoisotopic (exact) mass is 291 g/mol. The SMILES string of the molecule is CC1(C)NCN(c2ccc(Cl)c(C(F)(F)F)c2)C1=N. The van der Waals surface area contributed by atoms with Gasteiger partial charge < -0.3 is 4.90 Å². The molecule has 1 saturated heterocycles. The highest BCUT2D eigenvalue weighted by Crippen LogP contribution is 2.37. The van der Waals surface area contributed by atoms with Gasteiger partial charge in [0.25, 0.3) is 0 Å². The molecule has 3 nitrogen and oxygen atoms in total. The Bertz CT molecular complexity index is 525. The Labute approximate surface area is 113 Å². The summed E-state index contributed by atoms with van der Waals surface area (Å²) < 4.78 is 38.4. The lowest BCUT2D eigenvalue weighted by Crippen LogP contribution is -2.39. The molecule has 1 heterocycles. The van der Waals surface area contributed by atoms with Gasteiger partial charge in [0, 0.05) is 5.69 Å². The van der Waals surface area contributed by atoms with E-state index in [-0.39, 0.29) is 10.9 Å². The van der Waals surface area contributed by atoms with Gasteiger partial charge in [-0.2, -0.15) is 13.2 Å². The molecule has 19 heavy (non-hydrogen) atoms. The highest BCUT2D eigenvalue weighted by atomic mass is 35.5. The molecule has 0 saturated carbocycles. The van der Waals surface area contributed by atoms with E-state index in [1.807, 2.05) is 0 Å². The van der Waals surface area contributed by atoms with Crippen molar-refractivity contribution in [3.8, 4) is 0 Å². The molecular formula is C12H13ClF3N3. The van der Waals surface area contributed by atoms with Gasteiger partial charge in [0.15, 0.2) is 0 Å². The van der Waals surface area contributed by atoms with Gasteiger partial charge >= 0.3 is 6.18 Å². The number of hydrogen-bond acceptors (Lipinski definition) is 2. The highest BCUT2D eigenvalue weighted by Gasteiger charge is 2.38. The summed E-state index contributed by atoms with van der Waals surface area (Å²) in [7, 11) is 0. The zero-order valence-corrected chi connectivity index (χ0v) is 11.2. The first-order valence-electron chi connectivity index (χ1n) is 5.61. The van der Waals surface area contributed by atoms with E-state index in [2.05, 4.69) is 5.32 Å². The van der Waals surface area contributed by atoms with Crippen LogP contribution < -0.4 is 10.2 Å². The van der Waals surface area contributed by atoms with Crippen LogP contribution in [0.3, 0.4) is 0 Å². The molecule has 0 aliphatic carbocycles. The number of amidine groups is 1. The zero-order chi connectivity index (χ0) is 14.4. The van der Waals surface area contributed by atoms with E-state index in [4.69, 9.17) is 17.0 Å². The van der Waals surface area contributed by atoms with Crippen molar-refractivity contribution in [2.75, 3.05) is 11.6 Å². The highest BCUT2D eigenvalue weighted by molar-refractivity contribution is 6.31. The Morgan fingerprint density at radius 2 is 2.00 bits per heavy atom. The largest absolute Gasteiger partial charge is 0.417 e. The maximum Gasteiger partial charge on any atom is 0.417 e. The van der Waals surface area contributed by atoms with Crippen LogP contribution in [0.15, 0.2) is 18.2 Å². The molecule has 0 bridgehead atoms. The Hall–Kier alpha value is -1.27. The molecule has 1 aliphatic rings. The summed E-state index contributed by atoms with van der Waals surface area (Å²) in [5.41, 5.74) is -1.14. The van der Waals surface area contributed by atoms with Crippen LogP contribution in [0.1, 0.15) is 19.4 Å². The standard InChI is InChI=1S/C12H13ClF3N3/c1-11(2)10(17)19(6-18-11)7-3-4-9(13)8(5-7)12(14,15)16/h3-5,17-18H,6H2,1-2H3. The van der Waals surface area contributed by atoms with E-state index in [0.717, 1.165) is 6.07 Å². The molecule has 2 N–H and O–H groups in total. The van der Waals surface area contributed by atoms with E-state index in [9.17, 15) is 13.2 Å². The Kier molecular flexibility index (Phi) is 3.26. The van der Waals surface area contributed by atoms with Crippen molar-refractivity contribution in [2.45, 2.75) is 25.6 Å². The van der Waals surface area contributed by atoms with E-state index in [1.165, 1.54) is 17.0 Å². The molecule has 0 amide bonds. The fourth-order valence-electron chi connectivity index (χ4n) is 1.90. The molecule has 1 aliphatic heterocycles. The van der Waals surface area contributed by atoms with Crippen molar-refractivity contribution in [1.29, 1.82) is 5.41 Å². The first-order chi connectivity index (χ1) is 8.63. The predicted molar refractivity (Wildman–Crippen MR) is 68.7 cm³/mol. The van der Waals surface area contributed by atoms with E-state index in [1.54, 1.807) is 13.8 Å². The van der Waals surface area contributed by atoms with Crippen LogP contribution in [0.5, 0.6) is 0 Å². The fraction of sp³-hybridized carbons (Fsp3) is 0.417. The minimum atomic E-state index is -4.50. The zero-order valence-electron chi connectivity index (χ0n) is 10.4. The smallest absolute Gasteiger partial charge is 0.315 e. The van der Waals surface area contributed by atoms with Gasteiger partial charge in [-0.3, -0.25) is 10.7 Å².